The highest BCUT2D eigenvalue weighted by molar-refractivity contribution is 7.14. The first kappa shape index (κ1) is 17.0. The third-order valence-electron chi connectivity index (χ3n) is 4.15. The molecule has 0 saturated carbocycles. The van der Waals surface area contributed by atoms with Gasteiger partial charge in [-0.15, -0.1) is 17.8 Å². The van der Waals surface area contributed by atoms with Gasteiger partial charge < -0.3 is 5.32 Å². The second kappa shape index (κ2) is 7.80. The molecule has 2 aromatic rings. The Morgan fingerprint density at radius 2 is 2.08 bits per heavy atom. The zero-order chi connectivity index (χ0) is 16.9. The molecular formula is C18H18ClN3OS. The van der Waals surface area contributed by atoms with Gasteiger partial charge in [-0.3, -0.25) is 9.69 Å². The number of benzene rings is 1. The van der Waals surface area contributed by atoms with Crippen molar-refractivity contribution in [2.45, 2.75) is 12.8 Å². The lowest BCUT2D eigenvalue weighted by Gasteiger charge is -2.29. The monoisotopic (exact) mass is 359 g/mol. The van der Waals surface area contributed by atoms with Crippen LogP contribution in [0.3, 0.4) is 0 Å². The molecule has 1 saturated heterocycles. The predicted molar refractivity (Wildman–Crippen MR) is 99.2 cm³/mol. The summed E-state index contributed by atoms with van der Waals surface area (Å²) < 4.78 is 0. The lowest BCUT2D eigenvalue weighted by molar-refractivity contribution is -0.121. The zero-order valence-corrected chi connectivity index (χ0v) is 14.7. The van der Waals surface area contributed by atoms with Crippen LogP contribution in [0.1, 0.15) is 12.8 Å². The molecule has 0 spiro atoms. The average molecular weight is 360 g/mol. The fourth-order valence-electron chi connectivity index (χ4n) is 2.77. The molecule has 6 heteroatoms. The Hall–Kier alpha value is -1.87. The van der Waals surface area contributed by atoms with Gasteiger partial charge >= 0.3 is 0 Å². The Morgan fingerprint density at radius 1 is 1.38 bits per heavy atom. The standard InChI is InChI=1S/C18H18ClN3OS/c1-2-9-22-10-7-14(8-11-22)17(23)21-18-20-16(12-24-18)13-3-5-15(19)6-4-13/h1,3-6,12,14H,7-11H2,(H,20,21,23). The molecule has 124 valence electrons. The smallest absolute Gasteiger partial charge is 0.229 e. The number of thiazole rings is 1. The minimum atomic E-state index is 0.0295. The first-order valence-electron chi connectivity index (χ1n) is 7.84. The maximum absolute atomic E-state index is 12.4. The molecule has 1 amide bonds. The number of carbonyl (C=O) groups excluding carboxylic acids is 1. The van der Waals surface area contributed by atoms with Crippen LogP contribution in [0.2, 0.25) is 5.02 Å². The molecule has 2 heterocycles. The Labute approximate surface area is 150 Å². The van der Waals surface area contributed by atoms with E-state index in [4.69, 9.17) is 18.0 Å². The topological polar surface area (TPSA) is 45.2 Å². The molecule has 3 rings (SSSR count). The van der Waals surface area contributed by atoms with Gasteiger partial charge in [0.2, 0.25) is 5.91 Å². The first-order chi connectivity index (χ1) is 11.7. The van der Waals surface area contributed by atoms with Crippen molar-refractivity contribution in [2.75, 3.05) is 25.0 Å². The molecule has 1 aliphatic heterocycles. The summed E-state index contributed by atoms with van der Waals surface area (Å²) in [5.41, 5.74) is 1.83. The van der Waals surface area contributed by atoms with Gasteiger partial charge in [-0.05, 0) is 38.1 Å². The molecule has 4 nitrogen and oxygen atoms in total. The molecule has 0 atom stereocenters. The molecule has 1 aromatic heterocycles. The number of carbonyl (C=O) groups is 1. The highest BCUT2D eigenvalue weighted by Crippen LogP contribution is 2.27. The van der Waals surface area contributed by atoms with Crippen LogP contribution >= 0.6 is 22.9 Å². The number of halogens is 1. The number of nitrogens with zero attached hydrogens (tertiary/aromatic N) is 2. The number of terminal acetylenes is 1. The Kier molecular flexibility index (Phi) is 5.52. The van der Waals surface area contributed by atoms with Crippen molar-refractivity contribution in [3.05, 3.63) is 34.7 Å². The lowest BCUT2D eigenvalue weighted by Crippen LogP contribution is -2.38. The summed E-state index contributed by atoms with van der Waals surface area (Å²) in [5, 5.41) is 6.21. The third kappa shape index (κ3) is 4.15. The minimum Gasteiger partial charge on any atom is -0.302 e. The van der Waals surface area contributed by atoms with Gasteiger partial charge in [0.1, 0.15) is 0 Å². The van der Waals surface area contributed by atoms with E-state index in [1.807, 2.05) is 29.6 Å². The van der Waals surface area contributed by atoms with Crippen molar-refractivity contribution in [2.24, 2.45) is 5.92 Å². The highest BCUT2D eigenvalue weighted by Gasteiger charge is 2.25. The van der Waals surface area contributed by atoms with E-state index in [-0.39, 0.29) is 11.8 Å². The molecule has 1 aromatic carbocycles. The van der Waals surface area contributed by atoms with Gasteiger partial charge in [-0.2, -0.15) is 0 Å². The summed E-state index contributed by atoms with van der Waals surface area (Å²) >= 11 is 7.34. The van der Waals surface area contributed by atoms with Crippen LogP contribution in [-0.4, -0.2) is 35.4 Å². The molecule has 1 aliphatic rings. The molecular weight excluding hydrogens is 342 g/mol. The largest absolute Gasteiger partial charge is 0.302 e. The summed E-state index contributed by atoms with van der Waals surface area (Å²) in [4.78, 5) is 19.1. The summed E-state index contributed by atoms with van der Waals surface area (Å²) in [6.45, 7) is 2.40. The lowest BCUT2D eigenvalue weighted by atomic mass is 9.96. The van der Waals surface area contributed by atoms with Crippen LogP contribution in [0.15, 0.2) is 29.6 Å². The number of aromatic nitrogens is 1. The average Bonchev–Trinajstić information content (AvgIpc) is 3.05. The van der Waals surface area contributed by atoms with Crippen LogP contribution in [0.5, 0.6) is 0 Å². The molecule has 0 aliphatic carbocycles. The van der Waals surface area contributed by atoms with Gasteiger partial charge in [0, 0.05) is 21.9 Å². The number of rotatable bonds is 4. The first-order valence-corrected chi connectivity index (χ1v) is 9.09. The van der Waals surface area contributed by atoms with Crippen molar-refractivity contribution >= 4 is 34.0 Å². The zero-order valence-electron chi connectivity index (χ0n) is 13.2. The third-order valence-corrected chi connectivity index (χ3v) is 5.16. The van der Waals surface area contributed by atoms with Crippen molar-refractivity contribution in [1.82, 2.24) is 9.88 Å². The Morgan fingerprint density at radius 3 is 2.75 bits per heavy atom. The van der Waals surface area contributed by atoms with Crippen LogP contribution in [0.4, 0.5) is 5.13 Å². The summed E-state index contributed by atoms with van der Waals surface area (Å²) in [6, 6.07) is 7.51. The second-order valence-electron chi connectivity index (χ2n) is 5.79. The normalized spacial score (nSPS) is 15.8. The number of anilines is 1. The number of piperidine rings is 1. The molecule has 1 fully saturated rings. The van der Waals surface area contributed by atoms with Crippen molar-refractivity contribution in [3.8, 4) is 23.6 Å². The van der Waals surface area contributed by atoms with Crippen molar-refractivity contribution in [3.63, 3.8) is 0 Å². The summed E-state index contributed by atoms with van der Waals surface area (Å²) in [6.07, 6.45) is 7.00. The van der Waals surface area contributed by atoms with Gasteiger partial charge in [0.25, 0.3) is 0 Å². The molecule has 1 N–H and O–H groups in total. The maximum atomic E-state index is 12.4. The number of nitrogens with one attached hydrogen (secondary N) is 1. The molecule has 0 radical (unpaired) electrons. The van der Waals surface area contributed by atoms with Gasteiger partial charge in [0.15, 0.2) is 5.13 Å². The minimum absolute atomic E-state index is 0.0295. The van der Waals surface area contributed by atoms with E-state index >= 15 is 0 Å². The van der Waals surface area contributed by atoms with E-state index in [1.54, 1.807) is 0 Å². The second-order valence-corrected chi connectivity index (χ2v) is 7.08. The van der Waals surface area contributed by atoms with Crippen LogP contribution < -0.4 is 5.32 Å². The Balaban J connectivity index is 1.58. The predicted octanol–water partition coefficient (Wildman–Crippen LogP) is 3.75. The number of likely N-dealkylation sites (tertiary alicyclic amines) is 1. The molecule has 24 heavy (non-hydrogen) atoms. The fourth-order valence-corrected chi connectivity index (χ4v) is 3.62. The number of amides is 1. The SMILES string of the molecule is C#CCN1CCC(C(=O)Nc2nc(-c3ccc(Cl)cc3)cs2)CC1. The van der Waals surface area contributed by atoms with E-state index in [2.05, 4.69) is 21.1 Å². The van der Waals surface area contributed by atoms with Crippen molar-refractivity contribution in [1.29, 1.82) is 0 Å². The summed E-state index contributed by atoms with van der Waals surface area (Å²) in [7, 11) is 0. The van der Waals surface area contributed by atoms with Crippen molar-refractivity contribution < 1.29 is 4.79 Å². The Bertz CT molecular complexity index is 742. The van der Waals surface area contributed by atoms with Crippen LogP contribution in [0.25, 0.3) is 11.3 Å². The molecule has 0 unspecified atom stereocenters. The van der Waals surface area contributed by atoms with Gasteiger partial charge in [-0.25, -0.2) is 4.98 Å². The van der Waals surface area contributed by atoms with Gasteiger partial charge in [-0.1, -0.05) is 29.7 Å². The highest BCUT2D eigenvalue weighted by atomic mass is 35.5. The maximum Gasteiger partial charge on any atom is 0.229 e. The molecule has 0 bridgehead atoms. The summed E-state index contributed by atoms with van der Waals surface area (Å²) in [5.74, 6) is 2.73. The quantitative estimate of drug-likeness (QED) is 0.846. The number of hydrogen-bond donors (Lipinski definition) is 1. The number of hydrogen-bond acceptors (Lipinski definition) is 4. The van der Waals surface area contributed by atoms with Crippen LogP contribution in [0, 0.1) is 18.3 Å². The van der Waals surface area contributed by atoms with E-state index in [0.29, 0.717) is 16.7 Å². The van der Waals surface area contributed by atoms with Crippen LogP contribution in [-0.2, 0) is 4.79 Å². The van der Waals surface area contributed by atoms with E-state index in [0.717, 1.165) is 37.2 Å². The van der Waals surface area contributed by atoms with E-state index in [1.165, 1.54) is 11.3 Å². The van der Waals surface area contributed by atoms with Gasteiger partial charge in [0.05, 0.1) is 12.2 Å². The van der Waals surface area contributed by atoms with E-state index in [9.17, 15) is 4.79 Å². The fraction of sp³-hybridized carbons (Fsp3) is 0.333. The van der Waals surface area contributed by atoms with E-state index < -0.39 is 0 Å².